The number of piperidine rings is 1. The van der Waals surface area contributed by atoms with Gasteiger partial charge in [-0.05, 0) is 89.5 Å². The largest absolute Gasteiger partial charge is 0.456 e. The van der Waals surface area contributed by atoms with Gasteiger partial charge in [0.15, 0.2) is 0 Å². The van der Waals surface area contributed by atoms with Crippen molar-refractivity contribution in [1.29, 1.82) is 0 Å². The standard InChI is InChI=1S/C41H65NO10/c1-7-30-21-26(2)15-14-19-34(49-5)37-36(50-6)23-28(4)41(48,52-37)38(45)39(46)42-20-13-12-18-32(42)40(47)51-35(25-31(43)24-33(30)44)27(3)22-29-16-10-8-9-11-17-29/h21-22,28-32,34-37,43,48H,7-20,23-25H2,1-6H3/b26-21+,27-22+/t28?,30?,31-,32-,34-,35-,36?,37?,41?/m0/s1. The van der Waals surface area contributed by atoms with Crippen molar-refractivity contribution >= 4 is 23.4 Å². The van der Waals surface area contributed by atoms with Gasteiger partial charge in [-0.3, -0.25) is 14.4 Å². The lowest BCUT2D eigenvalue weighted by Crippen LogP contribution is -2.64. The molecule has 1 saturated carbocycles. The molecule has 0 radical (unpaired) electrons. The van der Waals surface area contributed by atoms with E-state index < -0.39 is 65.9 Å². The third-order valence-corrected chi connectivity index (χ3v) is 11.9. The number of hydrogen-bond donors (Lipinski definition) is 2. The predicted octanol–water partition coefficient (Wildman–Crippen LogP) is 5.78. The van der Waals surface area contributed by atoms with E-state index in [9.17, 15) is 29.4 Å². The first-order valence-corrected chi connectivity index (χ1v) is 19.9. The highest BCUT2D eigenvalue weighted by atomic mass is 16.7. The van der Waals surface area contributed by atoms with Crippen LogP contribution in [0, 0.1) is 17.8 Å². The van der Waals surface area contributed by atoms with Crippen molar-refractivity contribution in [2.75, 3.05) is 20.8 Å². The molecule has 2 saturated heterocycles. The van der Waals surface area contributed by atoms with E-state index in [0.717, 1.165) is 36.8 Å². The van der Waals surface area contributed by atoms with Gasteiger partial charge in [0.05, 0.1) is 18.3 Å². The summed E-state index contributed by atoms with van der Waals surface area (Å²) in [7, 11) is 3.08. The van der Waals surface area contributed by atoms with Crippen LogP contribution in [0.25, 0.3) is 0 Å². The summed E-state index contributed by atoms with van der Waals surface area (Å²) in [4.78, 5) is 56.9. The Morgan fingerprint density at radius 1 is 0.962 bits per heavy atom. The Balaban J connectivity index is 1.71. The fourth-order valence-electron chi connectivity index (χ4n) is 8.65. The van der Waals surface area contributed by atoms with Crippen LogP contribution in [0.3, 0.4) is 0 Å². The molecule has 1 aliphatic carbocycles. The smallest absolute Gasteiger partial charge is 0.329 e. The number of nitrogens with zero attached hydrogens (tertiary/aromatic N) is 1. The number of fused-ring (bicyclic) bond motifs is 3. The Bertz CT molecular complexity index is 1290. The lowest BCUT2D eigenvalue weighted by molar-refractivity contribution is -0.302. The van der Waals surface area contributed by atoms with Gasteiger partial charge in [-0.2, -0.15) is 0 Å². The zero-order chi connectivity index (χ0) is 38.0. The molecule has 2 N–H and O–H groups in total. The third-order valence-electron chi connectivity index (χ3n) is 11.9. The molecule has 9 atom stereocenters. The van der Waals surface area contributed by atoms with E-state index in [0.29, 0.717) is 44.4 Å². The highest BCUT2D eigenvalue weighted by Gasteiger charge is 2.56. The van der Waals surface area contributed by atoms with Gasteiger partial charge in [0.2, 0.25) is 5.79 Å². The molecular weight excluding hydrogens is 666 g/mol. The van der Waals surface area contributed by atoms with E-state index in [1.54, 1.807) is 14.0 Å². The molecule has 0 aromatic heterocycles. The van der Waals surface area contributed by atoms with Crippen molar-refractivity contribution in [2.45, 2.75) is 173 Å². The SMILES string of the molecule is CCC1/C=C(\C)CCC[C@H](OC)C2OC(O)(C(=O)C(=O)N3CCCC[C@H]3C(=O)O[C@H](/C(C)=C/C3CCCCCC3)C[C@@H](O)CC1=O)C(C)CC2OC. The van der Waals surface area contributed by atoms with E-state index >= 15 is 0 Å². The minimum absolute atomic E-state index is 0.0385. The summed E-state index contributed by atoms with van der Waals surface area (Å²) in [6, 6.07) is -1.06. The van der Waals surface area contributed by atoms with Crippen molar-refractivity contribution < 1.29 is 48.3 Å². The van der Waals surface area contributed by atoms with Gasteiger partial charge < -0.3 is 34.1 Å². The zero-order valence-corrected chi connectivity index (χ0v) is 32.5. The van der Waals surface area contributed by atoms with Gasteiger partial charge in [-0.1, -0.05) is 57.3 Å². The number of ketones is 2. The van der Waals surface area contributed by atoms with Crippen LogP contribution in [-0.2, 0) is 38.1 Å². The summed E-state index contributed by atoms with van der Waals surface area (Å²) in [5.74, 6) is -6.14. The summed E-state index contributed by atoms with van der Waals surface area (Å²) in [5.41, 5.74) is 1.84. The van der Waals surface area contributed by atoms with Crippen molar-refractivity contribution in [2.24, 2.45) is 17.8 Å². The summed E-state index contributed by atoms with van der Waals surface area (Å²) in [6.45, 7) is 7.63. The third kappa shape index (κ3) is 10.6. The summed E-state index contributed by atoms with van der Waals surface area (Å²) in [6.07, 6.45) is 11.3. The maximum Gasteiger partial charge on any atom is 0.329 e. The first kappa shape index (κ1) is 42.3. The first-order chi connectivity index (χ1) is 24.8. The number of aliphatic hydroxyl groups is 2. The Morgan fingerprint density at radius 2 is 1.63 bits per heavy atom. The number of carbonyl (C=O) groups is 4. The topological polar surface area (TPSA) is 149 Å². The summed E-state index contributed by atoms with van der Waals surface area (Å²) < 4.78 is 24.0. The maximum atomic E-state index is 14.1. The second-order valence-electron chi connectivity index (χ2n) is 15.9. The van der Waals surface area contributed by atoms with Gasteiger partial charge in [0, 0.05) is 45.4 Å². The summed E-state index contributed by atoms with van der Waals surface area (Å²) >= 11 is 0. The second-order valence-corrected chi connectivity index (χ2v) is 15.9. The lowest BCUT2D eigenvalue weighted by atomic mass is 9.83. The number of cyclic esters (lactones) is 1. The zero-order valence-electron chi connectivity index (χ0n) is 32.5. The molecule has 2 bridgehead atoms. The number of hydrogen-bond acceptors (Lipinski definition) is 10. The quantitative estimate of drug-likeness (QED) is 0.154. The van der Waals surface area contributed by atoms with E-state index in [4.69, 9.17) is 18.9 Å². The van der Waals surface area contributed by atoms with Crippen LogP contribution in [0.15, 0.2) is 23.3 Å². The molecule has 0 aromatic rings. The van der Waals surface area contributed by atoms with Gasteiger partial charge in [-0.25, -0.2) is 4.79 Å². The molecule has 4 rings (SSSR count). The normalized spacial score (nSPS) is 37.3. The average Bonchev–Trinajstić information content (AvgIpc) is 3.40. The number of methoxy groups -OCH3 is 2. The monoisotopic (exact) mass is 731 g/mol. The number of esters is 1. The maximum absolute atomic E-state index is 14.1. The van der Waals surface area contributed by atoms with Crippen LogP contribution in [0.1, 0.15) is 130 Å². The molecule has 0 spiro atoms. The molecular formula is C41H65NO10. The second kappa shape index (κ2) is 19.8. The van der Waals surface area contributed by atoms with Gasteiger partial charge >= 0.3 is 5.97 Å². The molecule has 5 unspecified atom stereocenters. The van der Waals surface area contributed by atoms with E-state index in [1.807, 2.05) is 26.8 Å². The van der Waals surface area contributed by atoms with Crippen LogP contribution in [0.5, 0.6) is 0 Å². The molecule has 4 aliphatic rings. The lowest BCUT2D eigenvalue weighted by Gasteiger charge is -2.46. The van der Waals surface area contributed by atoms with Crippen molar-refractivity contribution in [3.8, 4) is 0 Å². The van der Waals surface area contributed by atoms with Crippen molar-refractivity contribution in [3.05, 3.63) is 23.3 Å². The Labute approximate surface area is 310 Å². The molecule has 11 heteroatoms. The van der Waals surface area contributed by atoms with Crippen LogP contribution < -0.4 is 0 Å². The van der Waals surface area contributed by atoms with Crippen LogP contribution in [0.2, 0.25) is 0 Å². The number of aliphatic hydroxyl groups excluding tert-OH is 1. The van der Waals surface area contributed by atoms with E-state index in [-0.39, 0.29) is 43.9 Å². The minimum atomic E-state index is -2.45. The fourth-order valence-corrected chi connectivity index (χ4v) is 8.65. The number of ether oxygens (including phenoxy) is 4. The van der Waals surface area contributed by atoms with E-state index in [1.165, 1.54) is 24.9 Å². The molecule has 0 aromatic carbocycles. The molecule has 294 valence electrons. The van der Waals surface area contributed by atoms with Crippen LogP contribution >= 0.6 is 0 Å². The Kier molecular flexibility index (Phi) is 16.1. The Hall–Kier alpha value is -2.44. The Morgan fingerprint density at radius 3 is 2.29 bits per heavy atom. The fraction of sp³-hybridized carbons (Fsp3) is 0.805. The van der Waals surface area contributed by atoms with Gasteiger partial charge in [-0.15, -0.1) is 0 Å². The predicted molar refractivity (Wildman–Crippen MR) is 196 cm³/mol. The highest BCUT2D eigenvalue weighted by Crippen LogP contribution is 2.38. The first-order valence-electron chi connectivity index (χ1n) is 19.9. The molecule has 3 heterocycles. The molecule has 11 nitrogen and oxygen atoms in total. The number of Topliss-reactive ketones (excluding diaryl/α,β-unsaturated/α-hetero) is 2. The number of amides is 1. The van der Waals surface area contributed by atoms with Crippen LogP contribution in [-0.4, -0.2) is 102 Å². The molecule has 3 aliphatic heterocycles. The molecule has 52 heavy (non-hydrogen) atoms. The number of allylic oxidation sites excluding steroid dienone is 3. The average molecular weight is 732 g/mol. The van der Waals surface area contributed by atoms with Crippen molar-refractivity contribution in [1.82, 2.24) is 4.90 Å². The molecule has 3 fully saturated rings. The number of carbonyl (C=O) groups excluding carboxylic acids is 4. The summed E-state index contributed by atoms with van der Waals surface area (Å²) in [5, 5.41) is 23.2. The van der Waals surface area contributed by atoms with E-state index in [2.05, 4.69) is 6.08 Å². The highest BCUT2D eigenvalue weighted by molar-refractivity contribution is 6.39. The van der Waals surface area contributed by atoms with Gasteiger partial charge in [0.1, 0.15) is 24.0 Å². The van der Waals surface area contributed by atoms with Gasteiger partial charge in [0.25, 0.3) is 11.7 Å². The van der Waals surface area contributed by atoms with Crippen molar-refractivity contribution in [3.63, 3.8) is 0 Å². The van der Waals surface area contributed by atoms with Crippen LogP contribution in [0.4, 0.5) is 0 Å². The molecule has 1 amide bonds. The minimum Gasteiger partial charge on any atom is -0.456 e. The number of rotatable bonds is 5.